The molecule has 6 nitrogen and oxygen atoms in total. The molecule has 0 atom stereocenters. The lowest BCUT2D eigenvalue weighted by molar-refractivity contribution is 0.0105. The van der Waals surface area contributed by atoms with E-state index in [4.69, 9.17) is 14.2 Å². The maximum absolute atomic E-state index is 9.83. The maximum atomic E-state index is 9.83. The number of nitrogens with zero attached hydrogens (tertiary/aromatic N) is 1. The molecule has 0 saturated carbocycles. The zero-order valence-corrected chi connectivity index (χ0v) is 11.3. The number of phenols is 1. The molecule has 1 aromatic carbocycles. The van der Waals surface area contributed by atoms with Crippen LogP contribution in [0, 0.1) is 0 Å². The van der Waals surface area contributed by atoms with Gasteiger partial charge in [-0.1, -0.05) is 0 Å². The van der Waals surface area contributed by atoms with Gasteiger partial charge in [-0.25, -0.2) is 5.01 Å². The standard InChI is InChI=1S/C13H20N2O4/c1-17-11-7-10(8-12(18-2)13(11)16)9-14-15-3-5-19-6-4-15/h7-8,14,16H,3-6,9H2,1-2H3. The predicted octanol–water partition coefficient (Wildman–Crippen LogP) is 0.746. The zero-order valence-electron chi connectivity index (χ0n) is 11.3. The number of rotatable bonds is 5. The van der Waals surface area contributed by atoms with E-state index in [0.29, 0.717) is 18.0 Å². The fraction of sp³-hybridized carbons (Fsp3) is 0.538. The van der Waals surface area contributed by atoms with Crippen molar-refractivity contribution in [1.29, 1.82) is 0 Å². The Kier molecular flexibility index (Phi) is 4.84. The molecule has 0 aromatic heterocycles. The van der Waals surface area contributed by atoms with E-state index in [0.717, 1.165) is 31.9 Å². The number of methoxy groups -OCH3 is 2. The zero-order chi connectivity index (χ0) is 13.7. The van der Waals surface area contributed by atoms with Gasteiger partial charge in [-0.2, -0.15) is 0 Å². The maximum Gasteiger partial charge on any atom is 0.200 e. The predicted molar refractivity (Wildman–Crippen MR) is 70.4 cm³/mol. The number of hydrazine groups is 1. The molecule has 0 radical (unpaired) electrons. The Morgan fingerprint density at radius 1 is 1.21 bits per heavy atom. The summed E-state index contributed by atoms with van der Waals surface area (Å²) in [7, 11) is 3.04. The van der Waals surface area contributed by atoms with Crippen molar-refractivity contribution in [2.45, 2.75) is 6.54 Å². The molecule has 0 amide bonds. The van der Waals surface area contributed by atoms with Crippen LogP contribution < -0.4 is 14.9 Å². The van der Waals surface area contributed by atoms with Crippen molar-refractivity contribution in [3.63, 3.8) is 0 Å². The third-order valence-corrected chi connectivity index (χ3v) is 3.06. The summed E-state index contributed by atoms with van der Waals surface area (Å²) in [5.41, 5.74) is 4.30. The van der Waals surface area contributed by atoms with E-state index in [-0.39, 0.29) is 5.75 Å². The fourth-order valence-corrected chi connectivity index (χ4v) is 1.97. The fourth-order valence-electron chi connectivity index (χ4n) is 1.97. The van der Waals surface area contributed by atoms with Crippen LogP contribution in [0.2, 0.25) is 0 Å². The Hall–Kier alpha value is -1.50. The summed E-state index contributed by atoms with van der Waals surface area (Å²) in [6, 6.07) is 3.59. The van der Waals surface area contributed by atoms with Crippen molar-refractivity contribution >= 4 is 0 Å². The van der Waals surface area contributed by atoms with Gasteiger partial charge >= 0.3 is 0 Å². The van der Waals surface area contributed by atoms with E-state index in [1.807, 2.05) is 0 Å². The minimum atomic E-state index is 0.0279. The van der Waals surface area contributed by atoms with Gasteiger partial charge in [0.1, 0.15) is 0 Å². The third-order valence-electron chi connectivity index (χ3n) is 3.06. The van der Waals surface area contributed by atoms with Crippen LogP contribution in [0.3, 0.4) is 0 Å². The van der Waals surface area contributed by atoms with Crippen LogP contribution in [0.5, 0.6) is 17.2 Å². The summed E-state index contributed by atoms with van der Waals surface area (Å²) < 4.78 is 15.5. The second-order valence-electron chi connectivity index (χ2n) is 4.28. The highest BCUT2D eigenvalue weighted by Crippen LogP contribution is 2.36. The van der Waals surface area contributed by atoms with Gasteiger partial charge in [0, 0.05) is 19.6 Å². The van der Waals surface area contributed by atoms with Crippen molar-refractivity contribution < 1.29 is 19.3 Å². The Morgan fingerprint density at radius 2 is 1.79 bits per heavy atom. The lowest BCUT2D eigenvalue weighted by atomic mass is 10.2. The molecule has 0 bridgehead atoms. The molecule has 1 aliphatic heterocycles. The molecule has 19 heavy (non-hydrogen) atoms. The van der Waals surface area contributed by atoms with E-state index in [2.05, 4.69) is 10.4 Å². The second kappa shape index (κ2) is 6.60. The number of hydrogen-bond acceptors (Lipinski definition) is 6. The number of ether oxygens (including phenoxy) is 3. The molecule has 2 N–H and O–H groups in total. The molecule has 6 heteroatoms. The number of benzene rings is 1. The van der Waals surface area contributed by atoms with E-state index in [9.17, 15) is 5.11 Å². The van der Waals surface area contributed by atoms with E-state index in [1.54, 1.807) is 12.1 Å². The first kappa shape index (κ1) is 13.9. The molecule has 1 heterocycles. The normalized spacial score (nSPS) is 16.3. The summed E-state index contributed by atoms with van der Waals surface area (Å²) in [4.78, 5) is 0. The molecule has 106 valence electrons. The number of morpholine rings is 1. The Bertz CT molecular complexity index is 394. The van der Waals surface area contributed by atoms with Crippen molar-refractivity contribution in [3.8, 4) is 17.2 Å². The first-order chi connectivity index (χ1) is 9.24. The number of phenolic OH excluding ortho intramolecular Hbond substituents is 1. The monoisotopic (exact) mass is 268 g/mol. The van der Waals surface area contributed by atoms with Gasteiger partial charge in [-0.05, 0) is 17.7 Å². The average Bonchev–Trinajstić information content (AvgIpc) is 2.47. The molecule has 1 fully saturated rings. The molecule has 2 rings (SSSR count). The van der Waals surface area contributed by atoms with E-state index in [1.165, 1.54) is 14.2 Å². The topological polar surface area (TPSA) is 63.2 Å². The lowest BCUT2D eigenvalue weighted by Gasteiger charge is -2.27. The van der Waals surface area contributed by atoms with Crippen molar-refractivity contribution in [2.75, 3.05) is 40.5 Å². The highest BCUT2D eigenvalue weighted by Gasteiger charge is 2.13. The van der Waals surface area contributed by atoms with Crippen LogP contribution in [0.25, 0.3) is 0 Å². The van der Waals surface area contributed by atoms with Crippen LogP contribution in [0.1, 0.15) is 5.56 Å². The molecule has 0 unspecified atom stereocenters. The molecular formula is C13H20N2O4. The van der Waals surface area contributed by atoms with E-state index >= 15 is 0 Å². The number of hydrogen-bond donors (Lipinski definition) is 2. The van der Waals surface area contributed by atoms with Crippen molar-refractivity contribution in [2.24, 2.45) is 0 Å². The SMILES string of the molecule is COc1cc(CNN2CCOCC2)cc(OC)c1O. The van der Waals surface area contributed by atoms with Crippen molar-refractivity contribution in [3.05, 3.63) is 17.7 Å². The smallest absolute Gasteiger partial charge is 0.200 e. The van der Waals surface area contributed by atoms with Crippen LogP contribution in [-0.4, -0.2) is 50.6 Å². The van der Waals surface area contributed by atoms with Gasteiger partial charge in [0.05, 0.1) is 27.4 Å². The number of aromatic hydroxyl groups is 1. The van der Waals surface area contributed by atoms with Crippen molar-refractivity contribution in [1.82, 2.24) is 10.4 Å². The molecule has 0 spiro atoms. The van der Waals surface area contributed by atoms with Crippen LogP contribution >= 0.6 is 0 Å². The Balaban J connectivity index is 2.02. The molecular weight excluding hydrogens is 248 g/mol. The van der Waals surface area contributed by atoms with Gasteiger partial charge < -0.3 is 19.3 Å². The molecule has 1 aliphatic rings. The minimum Gasteiger partial charge on any atom is -0.502 e. The van der Waals surface area contributed by atoms with Gasteiger partial charge in [-0.15, -0.1) is 0 Å². The third kappa shape index (κ3) is 3.50. The minimum absolute atomic E-state index is 0.0279. The Labute approximate surface area is 112 Å². The summed E-state index contributed by atoms with van der Waals surface area (Å²) in [5.74, 6) is 0.858. The Morgan fingerprint density at radius 3 is 2.32 bits per heavy atom. The largest absolute Gasteiger partial charge is 0.502 e. The summed E-state index contributed by atoms with van der Waals surface area (Å²) in [6.45, 7) is 3.87. The first-order valence-corrected chi connectivity index (χ1v) is 6.24. The molecule has 0 aliphatic carbocycles. The van der Waals surface area contributed by atoms with Gasteiger partial charge in [-0.3, -0.25) is 5.43 Å². The summed E-state index contributed by atoms with van der Waals surface area (Å²) in [6.07, 6.45) is 0. The summed E-state index contributed by atoms with van der Waals surface area (Å²) in [5, 5.41) is 12.0. The van der Waals surface area contributed by atoms with Gasteiger partial charge in [0.25, 0.3) is 0 Å². The quantitative estimate of drug-likeness (QED) is 0.821. The second-order valence-corrected chi connectivity index (χ2v) is 4.28. The van der Waals surface area contributed by atoms with Gasteiger partial charge in [0.15, 0.2) is 11.5 Å². The molecule has 1 saturated heterocycles. The van der Waals surface area contributed by atoms with Gasteiger partial charge in [0.2, 0.25) is 5.75 Å². The first-order valence-electron chi connectivity index (χ1n) is 6.24. The molecule has 1 aromatic rings. The van der Waals surface area contributed by atoms with Crippen LogP contribution in [0.15, 0.2) is 12.1 Å². The van der Waals surface area contributed by atoms with Crippen LogP contribution in [-0.2, 0) is 11.3 Å². The van der Waals surface area contributed by atoms with Crippen LogP contribution in [0.4, 0.5) is 0 Å². The highest BCUT2D eigenvalue weighted by atomic mass is 16.5. The average molecular weight is 268 g/mol. The van der Waals surface area contributed by atoms with E-state index < -0.39 is 0 Å². The number of nitrogens with one attached hydrogen (secondary N) is 1. The highest BCUT2D eigenvalue weighted by molar-refractivity contribution is 5.52. The lowest BCUT2D eigenvalue weighted by Crippen LogP contribution is -2.45. The summed E-state index contributed by atoms with van der Waals surface area (Å²) >= 11 is 0.